The SMILES string of the molecule is CCN(C)C(=O)Oc1cccc(C(N)=S)c1. The van der Waals surface area contributed by atoms with Crippen LogP contribution in [0.3, 0.4) is 0 Å². The van der Waals surface area contributed by atoms with E-state index in [1.54, 1.807) is 31.3 Å². The lowest BCUT2D eigenvalue weighted by atomic mass is 10.2. The molecule has 0 radical (unpaired) electrons. The fourth-order valence-electron chi connectivity index (χ4n) is 1.02. The van der Waals surface area contributed by atoms with Crippen LogP contribution in [0.1, 0.15) is 12.5 Å². The van der Waals surface area contributed by atoms with Crippen LogP contribution in [0.25, 0.3) is 0 Å². The average molecular weight is 238 g/mol. The molecule has 0 saturated heterocycles. The van der Waals surface area contributed by atoms with E-state index in [1.165, 1.54) is 4.90 Å². The molecular formula is C11H14N2O2S. The molecule has 0 aromatic heterocycles. The molecule has 0 unspecified atom stereocenters. The summed E-state index contributed by atoms with van der Waals surface area (Å²) in [7, 11) is 1.67. The van der Waals surface area contributed by atoms with Gasteiger partial charge < -0.3 is 15.4 Å². The monoisotopic (exact) mass is 238 g/mol. The van der Waals surface area contributed by atoms with Gasteiger partial charge in [0.1, 0.15) is 10.7 Å². The predicted molar refractivity (Wildman–Crippen MR) is 66.7 cm³/mol. The van der Waals surface area contributed by atoms with Gasteiger partial charge in [0.05, 0.1) is 0 Å². The van der Waals surface area contributed by atoms with E-state index in [1.807, 2.05) is 6.92 Å². The standard InChI is InChI=1S/C11H14N2O2S/c1-3-13(2)11(14)15-9-6-4-5-8(7-9)10(12)16/h4-7H,3H2,1-2H3,(H2,12,16). The summed E-state index contributed by atoms with van der Waals surface area (Å²) < 4.78 is 5.13. The first-order chi connectivity index (χ1) is 7.54. The number of ether oxygens (including phenoxy) is 1. The number of benzene rings is 1. The summed E-state index contributed by atoms with van der Waals surface area (Å²) in [5.74, 6) is 0.440. The third-order valence-corrected chi connectivity index (χ3v) is 2.35. The van der Waals surface area contributed by atoms with E-state index in [0.29, 0.717) is 17.9 Å². The van der Waals surface area contributed by atoms with Gasteiger partial charge in [-0.3, -0.25) is 0 Å². The molecule has 0 heterocycles. The first-order valence-corrected chi connectivity index (χ1v) is 5.28. The number of nitrogens with zero attached hydrogens (tertiary/aromatic N) is 1. The van der Waals surface area contributed by atoms with Crippen molar-refractivity contribution in [3.63, 3.8) is 0 Å². The van der Waals surface area contributed by atoms with Crippen molar-refractivity contribution in [2.45, 2.75) is 6.92 Å². The molecule has 2 N–H and O–H groups in total. The van der Waals surface area contributed by atoms with Crippen LogP contribution in [0, 0.1) is 0 Å². The lowest BCUT2D eigenvalue weighted by molar-refractivity contribution is 0.165. The zero-order valence-corrected chi connectivity index (χ0v) is 10.1. The molecule has 1 aromatic carbocycles. The van der Waals surface area contributed by atoms with Crippen molar-refractivity contribution in [3.05, 3.63) is 29.8 Å². The Morgan fingerprint density at radius 1 is 1.56 bits per heavy atom. The molecule has 16 heavy (non-hydrogen) atoms. The van der Waals surface area contributed by atoms with Crippen LogP contribution < -0.4 is 10.5 Å². The minimum Gasteiger partial charge on any atom is -0.410 e. The smallest absolute Gasteiger partial charge is 0.410 e. The maximum Gasteiger partial charge on any atom is 0.414 e. The summed E-state index contributed by atoms with van der Waals surface area (Å²) >= 11 is 4.84. The number of carbonyl (C=O) groups excluding carboxylic acids is 1. The molecule has 4 nitrogen and oxygen atoms in total. The first-order valence-electron chi connectivity index (χ1n) is 4.87. The number of nitrogens with two attached hydrogens (primary N) is 1. The molecule has 1 aromatic rings. The fraction of sp³-hybridized carbons (Fsp3) is 0.273. The molecule has 0 aliphatic rings. The number of carbonyl (C=O) groups is 1. The van der Waals surface area contributed by atoms with Crippen LogP contribution in [0.15, 0.2) is 24.3 Å². The molecule has 86 valence electrons. The Bertz CT molecular complexity index is 407. The Kier molecular flexibility index (Phi) is 4.25. The third kappa shape index (κ3) is 3.20. The summed E-state index contributed by atoms with van der Waals surface area (Å²) in [5, 5.41) is 0. The van der Waals surface area contributed by atoms with Crippen LogP contribution in [-0.4, -0.2) is 29.6 Å². The topological polar surface area (TPSA) is 55.6 Å². The van der Waals surface area contributed by atoms with E-state index in [4.69, 9.17) is 22.7 Å². The van der Waals surface area contributed by atoms with E-state index in [0.717, 1.165) is 0 Å². The molecule has 0 aliphatic heterocycles. The number of hydrogen-bond acceptors (Lipinski definition) is 3. The van der Waals surface area contributed by atoms with Gasteiger partial charge in [0, 0.05) is 19.2 Å². The Labute approximate surface area is 100.0 Å². The summed E-state index contributed by atoms with van der Waals surface area (Å²) in [4.78, 5) is 13.2. The molecule has 0 fully saturated rings. The zero-order valence-electron chi connectivity index (χ0n) is 9.27. The second-order valence-corrected chi connectivity index (χ2v) is 3.71. The van der Waals surface area contributed by atoms with Gasteiger partial charge in [0.25, 0.3) is 0 Å². The molecular weight excluding hydrogens is 224 g/mol. The number of hydrogen-bond donors (Lipinski definition) is 1. The van der Waals surface area contributed by atoms with E-state index < -0.39 is 6.09 Å². The lowest BCUT2D eigenvalue weighted by Crippen LogP contribution is -2.29. The van der Waals surface area contributed by atoms with Crippen LogP contribution in [0.4, 0.5) is 4.79 Å². The van der Waals surface area contributed by atoms with Crippen molar-refractivity contribution in [1.29, 1.82) is 0 Å². The van der Waals surface area contributed by atoms with Crippen molar-refractivity contribution < 1.29 is 9.53 Å². The Morgan fingerprint density at radius 3 is 2.81 bits per heavy atom. The highest BCUT2D eigenvalue weighted by atomic mass is 32.1. The highest BCUT2D eigenvalue weighted by molar-refractivity contribution is 7.80. The summed E-state index contributed by atoms with van der Waals surface area (Å²) in [6, 6.07) is 6.83. The Morgan fingerprint density at radius 2 is 2.25 bits per heavy atom. The average Bonchev–Trinajstić information content (AvgIpc) is 2.28. The van der Waals surface area contributed by atoms with Gasteiger partial charge in [-0.1, -0.05) is 24.4 Å². The Balaban J connectivity index is 2.78. The second-order valence-electron chi connectivity index (χ2n) is 3.27. The molecule has 0 saturated carbocycles. The number of amides is 1. The minimum absolute atomic E-state index is 0.279. The minimum atomic E-state index is -0.400. The van der Waals surface area contributed by atoms with Gasteiger partial charge in [0.15, 0.2) is 0 Å². The lowest BCUT2D eigenvalue weighted by Gasteiger charge is -2.14. The maximum absolute atomic E-state index is 11.5. The third-order valence-electron chi connectivity index (χ3n) is 2.11. The van der Waals surface area contributed by atoms with Gasteiger partial charge in [-0.25, -0.2) is 4.79 Å². The fourth-order valence-corrected chi connectivity index (χ4v) is 1.15. The molecule has 1 amide bonds. The van der Waals surface area contributed by atoms with Crippen molar-refractivity contribution in [2.24, 2.45) is 5.73 Å². The van der Waals surface area contributed by atoms with Crippen LogP contribution in [-0.2, 0) is 0 Å². The van der Waals surface area contributed by atoms with E-state index in [2.05, 4.69) is 0 Å². The van der Waals surface area contributed by atoms with E-state index >= 15 is 0 Å². The van der Waals surface area contributed by atoms with Crippen molar-refractivity contribution in [1.82, 2.24) is 4.90 Å². The molecule has 1 rings (SSSR count). The highest BCUT2D eigenvalue weighted by Crippen LogP contribution is 2.14. The van der Waals surface area contributed by atoms with Crippen LogP contribution >= 0.6 is 12.2 Å². The summed E-state index contributed by atoms with van der Waals surface area (Å²) in [5.41, 5.74) is 6.16. The summed E-state index contributed by atoms with van der Waals surface area (Å²) in [6.07, 6.45) is -0.400. The highest BCUT2D eigenvalue weighted by Gasteiger charge is 2.09. The zero-order chi connectivity index (χ0) is 12.1. The molecule has 0 atom stereocenters. The largest absolute Gasteiger partial charge is 0.414 e. The van der Waals surface area contributed by atoms with Gasteiger partial charge in [-0.05, 0) is 19.1 Å². The predicted octanol–water partition coefficient (Wildman–Crippen LogP) is 1.77. The molecule has 0 bridgehead atoms. The van der Waals surface area contributed by atoms with Crippen LogP contribution in [0.5, 0.6) is 5.75 Å². The quantitative estimate of drug-likeness (QED) is 0.815. The van der Waals surface area contributed by atoms with Crippen molar-refractivity contribution in [3.8, 4) is 5.75 Å². The van der Waals surface area contributed by atoms with Gasteiger partial charge >= 0.3 is 6.09 Å². The number of rotatable bonds is 3. The van der Waals surface area contributed by atoms with E-state index in [-0.39, 0.29) is 4.99 Å². The number of thiocarbonyl (C=S) groups is 1. The van der Waals surface area contributed by atoms with Crippen molar-refractivity contribution >= 4 is 23.3 Å². The second kappa shape index (κ2) is 5.46. The molecule has 5 heteroatoms. The summed E-state index contributed by atoms with van der Waals surface area (Å²) in [6.45, 7) is 2.46. The molecule has 0 spiro atoms. The van der Waals surface area contributed by atoms with E-state index in [9.17, 15) is 4.79 Å². The van der Waals surface area contributed by atoms with Crippen molar-refractivity contribution in [2.75, 3.05) is 13.6 Å². The Hall–Kier alpha value is -1.62. The van der Waals surface area contributed by atoms with Gasteiger partial charge in [-0.15, -0.1) is 0 Å². The van der Waals surface area contributed by atoms with Gasteiger partial charge in [-0.2, -0.15) is 0 Å². The van der Waals surface area contributed by atoms with Crippen LogP contribution in [0.2, 0.25) is 0 Å². The molecule has 0 aliphatic carbocycles. The van der Waals surface area contributed by atoms with Gasteiger partial charge in [0.2, 0.25) is 0 Å². The first kappa shape index (κ1) is 12.4. The maximum atomic E-state index is 11.5. The normalized spacial score (nSPS) is 9.62.